The van der Waals surface area contributed by atoms with Gasteiger partial charge in [-0.05, 0) is 31.0 Å². The van der Waals surface area contributed by atoms with E-state index in [-0.39, 0.29) is 0 Å². The van der Waals surface area contributed by atoms with Crippen molar-refractivity contribution in [1.29, 1.82) is 0 Å². The summed E-state index contributed by atoms with van der Waals surface area (Å²) < 4.78 is 1.87. The zero-order valence-corrected chi connectivity index (χ0v) is 10.2. The summed E-state index contributed by atoms with van der Waals surface area (Å²) in [6.07, 6.45) is 4.51. The second kappa shape index (κ2) is 4.66. The number of aromatic nitrogens is 3. The summed E-state index contributed by atoms with van der Waals surface area (Å²) >= 11 is 5.87. The molecule has 0 aliphatic carbocycles. The van der Waals surface area contributed by atoms with Crippen LogP contribution in [-0.4, -0.2) is 14.8 Å². The third-order valence-corrected chi connectivity index (χ3v) is 2.84. The summed E-state index contributed by atoms with van der Waals surface area (Å²) in [5, 5.41) is 4.34. The van der Waals surface area contributed by atoms with Crippen molar-refractivity contribution in [3.8, 4) is 5.82 Å². The van der Waals surface area contributed by atoms with Crippen LogP contribution in [0.1, 0.15) is 23.7 Å². The van der Waals surface area contributed by atoms with Crippen LogP contribution in [0.2, 0.25) is 0 Å². The normalized spacial score (nSPS) is 10.7. The Hall–Kier alpha value is -1.35. The van der Waals surface area contributed by atoms with E-state index in [1.165, 1.54) is 5.56 Å². The first-order chi connectivity index (χ1) is 7.76. The van der Waals surface area contributed by atoms with E-state index in [0.717, 1.165) is 23.5 Å². The molecule has 2 rings (SSSR count). The minimum Gasteiger partial charge on any atom is -0.237 e. The van der Waals surface area contributed by atoms with Crippen LogP contribution < -0.4 is 0 Å². The van der Waals surface area contributed by atoms with Gasteiger partial charge in [-0.15, -0.1) is 11.6 Å². The number of halogens is 1. The van der Waals surface area contributed by atoms with Crippen LogP contribution in [0.3, 0.4) is 0 Å². The predicted molar refractivity (Wildman–Crippen MR) is 65.0 cm³/mol. The lowest BCUT2D eigenvalue weighted by Gasteiger charge is -2.06. The highest BCUT2D eigenvalue weighted by Gasteiger charge is 2.10. The summed E-state index contributed by atoms with van der Waals surface area (Å²) in [5.41, 5.74) is 3.38. The molecular weight excluding hydrogens is 222 g/mol. The molecule has 4 heteroatoms. The van der Waals surface area contributed by atoms with Crippen LogP contribution >= 0.6 is 11.6 Å². The minimum atomic E-state index is 0.495. The van der Waals surface area contributed by atoms with Gasteiger partial charge in [-0.2, -0.15) is 5.10 Å². The zero-order chi connectivity index (χ0) is 11.5. The van der Waals surface area contributed by atoms with Crippen molar-refractivity contribution in [2.75, 3.05) is 0 Å². The fourth-order valence-corrected chi connectivity index (χ4v) is 1.95. The first-order valence-corrected chi connectivity index (χ1v) is 5.84. The molecule has 3 nitrogen and oxygen atoms in total. The summed E-state index contributed by atoms with van der Waals surface area (Å²) in [4.78, 5) is 4.32. The molecule has 0 radical (unpaired) electrons. The molecular formula is C12H14ClN3. The fourth-order valence-electron chi connectivity index (χ4n) is 1.73. The van der Waals surface area contributed by atoms with Crippen molar-refractivity contribution in [2.24, 2.45) is 0 Å². The van der Waals surface area contributed by atoms with Gasteiger partial charge >= 0.3 is 0 Å². The standard InChI is InChI=1S/C12H14ClN3/c1-3-11-10(7-13)8-15-16(11)12-6-9(2)4-5-14-12/h4-6,8H,3,7H2,1-2H3. The van der Waals surface area contributed by atoms with Gasteiger partial charge in [0.15, 0.2) is 5.82 Å². The maximum absolute atomic E-state index is 5.87. The largest absolute Gasteiger partial charge is 0.237 e. The molecule has 0 N–H and O–H groups in total. The molecule has 2 heterocycles. The van der Waals surface area contributed by atoms with Crippen molar-refractivity contribution in [3.63, 3.8) is 0 Å². The molecule has 0 aliphatic heterocycles. The molecule has 0 fully saturated rings. The van der Waals surface area contributed by atoms with Gasteiger partial charge in [-0.1, -0.05) is 6.92 Å². The molecule has 2 aromatic rings. The molecule has 0 aromatic carbocycles. The third kappa shape index (κ3) is 1.95. The summed E-state index contributed by atoms with van der Waals surface area (Å²) in [5.74, 6) is 1.35. The molecule has 84 valence electrons. The smallest absolute Gasteiger partial charge is 0.153 e. The fraction of sp³-hybridized carbons (Fsp3) is 0.333. The Morgan fingerprint density at radius 3 is 2.88 bits per heavy atom. The first-order valence-electron chi connectivity index (χ1n) is 5.31. The Morgan fingerprint density at radius 1 is 1.44 bits per heavy atom. The maximum atomic E-state index is 5.87. The van der Waals surface area contributed by atoms with Gasteiger partial charge in [0.2, 0.25) is 0 Å². The highest BCUT2D eigenvalue weighted by atomic mass is 35.5. The number of hydrogen-bond donors (Lipinski definition) is 0. The lowest BCUT2D eigenvalue weighted by atomic mass is 10.2. The van der Waals surface area contributed by atoms with E-state index in [4.69, 9.17) is 11.6 Å². The van der Waals surface area contributed by atoms with Gasteiger partial charge in [0.05, 0.1) is 17.8 Å². The van der Waals surface area contributed by atoms with Gasteiger partial charge < -0.3 is 0 Å². The molecule has 0 bridgehead atoms. The van der Waals surface area contributed by atoms with Gasteiger partial charge in [0.1, 0.15) is 0 Å². The number of rotatable bonds is 3. The average Bonchev–Trinajstić information content (AvgIpc) is 2.71. The Morgan fingerprint density at radius 2 is 2.25 bits per heavy atom. The average molecular weight is 236 g/mol. The van der Waals surface area contributed by atoms with Crippen molar-refractivity contribution in [1.82, 2.24) is 14.8 Å². The van der Waals surface area contributed by atoms with Crippen LogP contribution in [0, 0.1) is 6.92 Å². The topological polar surface area (TPSA) is 30.7 Å². The quantitative estimate of drug-likeness (QED) is 0.766. The van der Waals surface area contributed by atoms with E-state index in [2.05, 4.69) is 17.0 Å². The molecule has 0 amide bonds. The number of nitrogens with zero attached hydrogens (tertiary/aromatic N) is 3. The molecule has 0 spiro atoms. The monoisotopic (exact) mass is 235 g/mol. The number of aryl methyl sites for hydroxylation is 1. The van der Waals surface area contributed by atoms with Crippen molar-refractivity contribution in [3.05, 3.63) is 41.3 Å². The molecule has 2 aromatic heterocycles. The molecule has 0 atom stereocenters. The lowest BCUT2D eigenvalue weighted by molar-refractivity contribution is 0.786. The lowest BCUT2D eigenvalue weighted by Crippen LogP contribution is -2.04. The summed E-state index contributed by atoms with van der Waals surface area (Å²) in [6.45, 7) is 4.14. The van der Waals surface area contributed by atoms with Crippen LogP contribution in [-0.2, 0) is 12.3 Å². The van der Waals surface area contributed by atoms with E-state index in [9.17, 15) is 0 Å². The molecule has 0 unspecified atom stereocenters. The maximum Gasteiger partial charge on any atom is 0.153 e. The predicted octanol–water partition coefficient (Wildman–Crippen LogP) is 2.88. The molecule has 0 saturated heterocycles. The zero-order valence-electron chi connectivity index (χ0n) is 9.44. The molecule has 0 saturated carbocycles. The van der Waals surface area contributed by atoms with Gasteiger partial charge in [-0.3, -0.25) is 0 Å². The third-order valence-electron chi connectivity index (χ3n) is 2.55. The Bertz CT molecular complexity index is 491. The number of pyridine rings is 1. The molecule has 16 heavy (non-hydrogen) atoms. The van der Waals surface area contributed by atoms with Crippen LogP contribution in [0.5, 0.6) is 0 Å². The van der Waals surface area contributed by atoms with E-state index in [1.54, 1.807) is 6.20 Å². The number of hydrogen-bond acceptors (Lipinski definition) is 2. The van der Waals surface area contributed by atoms with E-state index >= 15 is 0 Å². The highest BCUT2D eigenvalue weighted by molar-refractivity contribution is 6.17. The minimum absolute atomic E-state index is 0.495. The van der Waals surface area contributed by atoms with Crippen LogP contribution in [0.15, 0.2) is 24.5 Å². The highest BCUT2D eigenvalue weighted by Crippen LogP contribution is 2.16. The Balaban J connectivity index is 2.51. The van der Waals surface area contributed by atoms with Gasteiger partial charge in [-0.25, -0.2) is 9.67 Å². The van der Waals surface area contributed by atoms with E-state index in [0.29, 0.717) is 5.88 Å². The Kier molecular flexibility index (Phi) is 3.25. The summed E-state index contributed by atoms with van der Waals surface area (Å²) in [6, 6.07) is 3.99. The van der Waals surface area contributed by atoms with E-state index in [1.807, 2.05) is 29.9 Å². The van der Waals surface area contributed by atoms with Crippen molar-refractivity contribution in [2.45, 2.75) is 26.1 Å². The van der Waals surface area contributed by atoms with Crippen molar-refractivity contribution < 1.29 is 0 Å². The van der Waals surface area contributed by atoms with Crippen LogP contribution in [0.25, 0.3) is 5.82 Å². The van der Waals surface area contributed by atoms with Gasteiger partial charge in [0.25, 0.3) is 0 Å². The number of alkyl halides is 1. The summed E-state index contributed by atoms with van der Waals surface area (Å²) in [7, 11) is 0. The Labute approximate surface area is 100 Å². The first kappa shape index (κ1) is 11.1. The molecule has 0 aliphatic rings. The SMILES string of the molecule is CCc1c(CCl)cnn1-c1cc(C)ccn1. The van der Waals surface area contributed by atoms with E-state index < -0.39 is 0 Å². The van der Waals surface area contributed by atoms with Crippen LogP contribution in [0.4, 0.5) is 0 Å². The van der Waals surface area contributed by atoms with Gasteiger partial charge in [0, 0.05) is 11.8 Å². The second-order valence-corrected chi connectivity index (χ2v) is 3.97. The second-order valence-electron chi connectivity index (χ2n) is 3.71. The van der Waals surface area contributed by atoms with Crippen molar-refractivity contribution >= 4 is 11.6 Å².